The molecule has 1 aliphatic heterocycles. The van der Waals surface area contributed by atoms with E-state index in [0.29, 0.717) is 30.8 Å². The molecule has 0 radical (unpaired) electrons. The molecule has 0 spiro atoms. The second-order valence-electron chi connectivity index (χ2n) is 8.73. The number of aromatic nitrogens is 3. The first-order chi connectivity index (χ1) is 18.0. The topological polar surface area (TPSA) is 157 Å². The van der Waals surface area contributed by atoms with Crippen LogP contribution in [-0.2, 0) is 21.0 Å². The highest BCUT2D eigenvalue weighted by atomic mass is 32.2. The molecule has 5 N–H and O–H groups in total. The van der Waals surface area contributed by atoms with Crippen LogP contribution in [0.2, 0.25) is 0 Å². The van der Waals surface area contributed by atoms with Crippen LogP contribution in [0, 0.1) is 12.8 Å². The van der Waals surface area contributed by atoms with Crippen LogP contribution in [0.3, 0.4) is 0 Å². The number of carbonyl (C=O) groups is 1. The number of aryl methyl sites for hydroxylation is 1. The van der Waals surface area contributed by atoms with Gasteiger partial charge in [-0.15, -0.1) is 0 Å². The van der Waals surface area contributed by atoms with Crippen molar-refractivity contribution in [3.05, 3.63) is 41.9 Å². The number of halogens is 6. The molecule has 17 heteroatoms. The summed E-state index contributed by atoms with van der Waals surface area (Å²) in [6.45, 7) is 2.89. The summed E-state index contributed by atoms with van der Waals surface area (Å²) >= 11 is 0. The van der Waals surface area contributed by atoms with Crippen LogP contribution in [0.25, 0.3) is 16.9 Å². The lowest BCUT2D eigenvalue weighted by atomic mass is 10.0. The van der Waals surface area contributed by atoms with Crippen LogP contribution >= 0.6 is 0 Å². The second-order valence-corrected chi connectivity index (χ2v) is 10.7. The summed E-state index contributed by atoms with van der Waals surface area (Å²) in [6.07, 6.45) is -6.01. The Bertz CT molecular complexity index is 1470. The number of anilines is 1. The molecule has 1 aliphatic rings. The van der Waals surface area contributed by atoms with Gasteiger partial charge in [-0.1, -0.05) is 6.07 Å². The molecule has 0 bridgehead atoms. The third kappa shape index (κ3) is 6.59. The Hall–Kier alpha value is -3.44. The molecule has 0 saturated carbocycles. The minimum Gasteiger partial charge on any atom is -0.475 e. The first-order valence-corrected chi connectivity index (χ1v) is 12.7. The summed E-state index contributed by atoms with van der Waals surface area (Å²) in [7, 11) is -3.80. The minimum atomic E-state index is -5.08. The van der Waals surface area contributed by atoms with Crippen LogP contribution in [0.5, 0.6) is 0 Å². The van der Waals surface area contributed by atoms with Crippen molar-refractivity contribution in [1.29, 1.82) is 0 Å². The van der Waals surface area contributed by atoms with E-state index in [4.69, 9.17) is 21.4 Å². The van der Waals surface area contributed by atoms with Crippen molar-refractivity contribution < 1.29 is 44.7 Å². The Morgan fingerprint density at radius 1 is 1.21 bits per heavy atom. The molecular weight excluding hydrogens is 558 g/mol. The van der Waals surface area contributed by atoms with Crippen molar-refractivity contribution >= 4 is 27.5 Å². The minimum absolute atomic E-state index is 0.0579. The molecule has 0 amide bonds. The molecule has 3 heterocycles. The summed E-state index contributed by atoms with van der Waals surface area (Å²) in [5, 5.41) is 7.12. The van der Waals surface area contributed by atoms with Gasteiger partial charge in [0.05, 0.1) is 16.8 Å². The number of benzene rings is 1. The van der Waals surface area contributed by atoms with E-state index in [0.717, 1.165) is 19.0 Å². The van der Waals surface area contributed by atoms with Crippen molar-refractivity contribution in [2.24, 2.45) is 11.7 Å². The number of carboxylic acid groups (broad SMARTS) is 1. The lowest BCUT2D eigenvalue weighted by Gasteiger charge is -2.31. The first-order valence-electron chi connectivity index (χ1n) is 11.3. The Morgan fingerprint density at radius 2 is 1.85 bits per heavy atom. The number of alkyl halides is 6. The predicted octanol–water partition coefficient (Wildman–Crippen LogP) is 3.30. The first kappa shape index (κ1) is 30.1. The Kier molecular flexibility index (Phi) is 8.47. The Morgan fingerprint density at radius 3 is 2.41 bits per heavy atom. The van der Waals surface area contributed by atoms with E-state index in [2.05, 4.69) is 9.97 Å². The van der Waals surface area contributed by atoms with E-state index >= 15 is 0 Å². The molecule has 39 heavy (non-hydrogen) atoms. The lowest BCUT2D eigenvalue weighted by molar-refractivity contribution is -0.192. The third-order valence-electron chi connectivity index (χ3n) is 5.99. The summed E-state index contributed by atoms with van der Waals surface area (Å²) in [5.41, 5.74) is 11.7. The second kappa shape index (κ2) is 11.0. The van der Waals surface area contributed by atoms with Crippen molar-refractivity contribution in [1.82, 2.24) is 18.7 Å². The number of imidazole rings is 1. The van der Waals surface area contributed by atoms with Gasteiger partial charge in [-0.25, -0.2) is 23.2 Å². The zero-order valence-corrected chi connectivity index (χ0v) is 21.1. The van der Waals surface area contributed by atoms with Gasteiger partial charge in [0.25, 0.3) is 0 Å². The van der Waals surface area contributed by atoms with Crippen molar-refractivity contribution in [3.63, 3.8) is 0 Å². The number of hydrogen-bond acceptors (Lipinski definition) is 7. The predicted molar refractivity (Wildman–Crippen MR) is 127 cm³/mol. The maximum Gasteiger partial charge on any atom is 0.490 e. The normalized spacial score (nSPS) is 17.1. The zero-order chi connectivity index (χ0) is 29.3. The van der Waals surface area contributed by atoms with E-state index in [9.17, 15) is 34.8 Å². The van der Waals surface area contributed by atoms with Gasteiger partial charge in [0, 0.05) is 24.8 Å². The standard InChI is InChI=1S/C20H23F3N6O2S.C2HF3O2/c1-12-4-5-14(32(30,31)28-6-2-3-13(8-24)10-28)7-15(12)16-9-26-19-18(25)27-17(11-29(16)19)20(21,22)23;3-2(4,5)1(6)7/h4-5,7,9,11,13H,2-3,6,8,10,24H2,1H3,(H2,25,27);(H,6,7). The molecule has 1 atom stereocenters. The molecular formula is C22H24F6N6O4S. The maximum absolute atomic E-state index is 13.3. The number of sulfonamides is 1. The highest BCUT2D eigenvalue weighted by Gasteiger charge is 2.38. The number of hydrogen-bond donors (Lipinski definition) is 3. The fraction of sp³-hybridized carbons (Fsp3) is 0.409. The van der Waals surface area contributed by atoms with Gasteiger partial charge in [0.15, 0.2) is 17.2 Å². The summed E-state index contributed by atoms with van der Waals surface area (Å²) in [6, 6.07) is 4.59. The summed E-state index contributed by atoms with van der Waals surface area (Å²) in [5.74, 6) is -3.03. The van der Waals surface area contributed by atoms with Crippen LogP contribution in [0.1, 0.15) is 24.1 Å². The monoisotopic (exact) mass is 582 g/mol. The fourth-order valence-electron chi connectivity index (χ4n) is 3.97. The quantitative estimate of drug-likeness (QED) is 0.396. The fourth-order valence-corrected chi connectivity index (χ4v) is 5.55. The summed E-state index contributed by atoms with van der Waals surface area (Å²) < 4.78 is 101. The van der Waals surface area contributed by atoms with Gasteiger partial charge in [-0.05, 0) is 49.9 Å². The maximum atomic E-state index is 13.3. The molecule has 1 fully saturated rings. The van der Waals surface area contributed by atoms with Crippen LogP contribution in [-0.4, -0.2) is 64.0 Å². The van der Waals surface area contributed by atoms with Gasteiger partial charge in [0.2, 0.25) is 10.0 Å². The molecule has 1 saturated heterocycles. The highest BCUT2D eigenvalue weighted by molar-refractivity contribution is 7.89. The third-order valence-corrected chi connectivity index (χ3v) is 7.85. The molecule has 1 aromatic carbocycles. The molecule has 2 aromatic heterocycles. The number of piperidine rings is 1. The van der Waals surface area contributed by atoms with E-state index in [1.807, 2.05) is 0 Å². The van der Waals surface area contributed by atoms with E-state index in [1.54, 1.807) is 13.0 Å². The molecule has 10 nitrogen and oxygen atoms in total. The number of nitrogen functional groups attached to an aromatic ring is 1. The van der Waals surface area contributed by atoms with Gasteiger partial charge < -0.3 is 16.6 Å². The SMILES string of the molecule is Cc1ccc(S(=O)(=O)N2CCCC(CN)C2)cc1-c1cnc2c(N)nc(C(F)(F)F)cn12.O=C(O)C(F)(F)F. The number of fused-ring (bicyclic) bond motifs is 1. The molecule has 4 rings (SSSR count). The Balaban J connectivity index is 0.000000532. The van der Waals surface area contributed by atoms with Crippen LogP contribution < -0.4 is 11.5 Å². The van der Waals surface area contributed by atoms with Gasteiger partial charge >= 0.3 is 18.3 Å². The van der Waals surface area contributed by atoms with E-state index < -0.39 is 34.0 Å². The summed E-state index contributed by atoms with van der Waals surface area (Å²) in [4.78, 5) is 16.4. The number of aliphatic carboxylic acids is 1. The zero-order valence-electron chi connectivity index (χ0n) is 20.3. The van der Waals surface area contributed by atoms with Gasteiger partial charge in [0.1, 0.15) is 0 Å². The van der Waals surface area contributed by atoms with Crippen molar-refractivity contribution in [2.75, 3.05) is 25.4 Å². The molecule has 0 aliphatic carbocycles. The highest BCUT2D eigenvalue weighted by Crippen LogP contribution is 2.33. The van der Waals surface area contributed by atoms with Crippen molar-refractivity contribution in [2.45, 2.75) is 37.0 Å². The Labute approximate surface area is 218 Å². The molecule has 1 unspecified atom stereocenters. The van der Waals surface area contributed by atoms with Gasteiger partial charge in [-0.3, -0.25) is 4.40 Å². The van der Waals surface area contributed by atoms with Crippen LogP contribution in [0.4, 0.5) is 32.2 Å². The van der Waals surface area contributed by atoms with E-state index in [-0.39, 0.29) is 28.0 Å². The average molecular weight is 583 g/mol. The smallest absolute Gasteiger partial charge is 0.475 e. The van der Waals surface area contributed by atoms with Crippen LogP contribution in [0.15, 0.2) is 35.5 Å². The molecule has 214 valence electrons. The largest absolute Gasteiger partial charge is 0.490 e. The number of nitrogens with two attached hydrogens (primary N) is 2. The van der Waals surface area contributed by atoms with E-state index in [1.165, 1.54) is 27.0 Å². The number of carboxylic acids is 1. The lowest BCUT2D eigenvalue weighted by Crippen LogP contribution is -2.41. The average Bonchev–Trinajstić information content (AvgIpc) is 3.28. The molecule has 3 aromatic rings. The van der Waals surface area contributed by atoms with Gasteiger partial charge in [-0.2, -0.15) is 30.6 Å². The van der Waals surface area contributed by atoms with Crippen molar-refractivity contribution in [3.8, 4) is 11.3 Å². The number of nitrogens with zero attached hydrogens (tertiary/aromatic N) is 4. The number of rotatable bonds is 4.